The molecule has 134 valence electrons. The molecule has 2 aromatic heterocycles. The molecular formula is C18H31N5O. The van der Waals surface area contributed by atoms with Gasteiger partial charge in [-0.15, -0.1) is 0 Å². The lowest BCUT2D eigenvalue weighted by Gasteiger charge is -2.20. The Hall–Kier alpha value is -1.66. The smallest absolute Gasteiger partial charge is 0.151 e. The number of hydrogen-bond acceptors (Lipinski definition) is 5. The van der Waals surface area contributed by atoms with Gasteiger partial charge in [-0.25, -0.2) is 9.97 Å². The highest BCUT2D eigenvalue weighted by atomic mass is 16.3. The second-order valence-electron chi connectivity index (χ2n) is 8.19. The zero-order valence-corrected chi connectivity index (χ0v) is 15.6. The molecule has 0 spiro atoms. The Morgan fingerprint density at radius 3 is 2.54 bits per heavy atom. The number of rotatable bonds is 7. The van der Waals surface area contributed by atoms with Crippen molar-refractivity contribution in [1.82, 2.24) is 19.9 Å². The van der Waals surface area contributed by atoms with Crippen molar-refractivity contribution in [3.63, 3.8) is 0 Å². The summed E-state index contributed by atoms with van der Waals surface area (Å²) in [5, 5.41) is 13.5. The number of nitrogens with zero attached hydrogens (tertiary/aromatic N) is 3. The summed E-state index contributed by atoms with van der Waals surface area (Å²) in [5.41, 5.74) is 8.04. The normalized spacial score (nSPS) is 12.9. The quantitative estimate of drug-likeness (QED) is 0.678. The van der Waals surface area contributed by atoms with Gasteiger partial charge in [0.15, 0.2) is 5.82 Å². The molecule has 0 unspecified atom stereocenters. The zero-order valence-electron chi connectivity index (χ0n) is 15.6. The van der Waals surface area contributed by atoms with Crippen LogP contribution < -0.4 is 11.1 Å². The van der Waals surface area contributed by atoms with E-state index in [9.17, 15) is 5.11 Å². The monoisotopic (exact) mass is 333 g/mol. The Morgan fingerprint density at radius 2 is 1.92 bits per heavy atom. The van der Waals surface area contributed by atoms with Crippen molar-refractivity contribution in [3.8, 4) is 0 Å². The summed E-state index contributed by atoms with van der Waals surface area (Å²) in [6.45, 7) is 11.6. The average molecular weight is 333 g/mol. The maximum Gasteiger partial charge on any atom is 0.151 e. The van der Waals surface area contributed by atoms with Crippen LogP contribution in [0.2, 0.25) is 0 Å². The standard InChI is InChI=1S/C18H31N5O/c1-17(2,3)21-9-7-6-8-13-10-14-15(16(19)22-13)20-12-23(14)11-18(4,5)24/h10,12,21,24H,6-9,11H2,1-5H3,(H2,19,22). The lowest BCUT2D eigenvalue weighted by Crippen LogP contribution is -2.36. The van der Waals surface area contributed by atoms with Gasteiger partial charge in [0.1, 0.15) is 5.52 Å². The second kappa shape index (κ2) is 7.07. The first kappa shape index (κ1) is 18.7. The fraction of sp³-hybridized carbons (Fsp3) is 0.667. The number of pyridine rings is 1. The highest BCUT2D eigenvalue weighted by Crippen LogP contribution is 2.21. The molecular weight excluding hydrogens is 302 g/mol. The van der Waals surface area contributed by atoms with Crippen molar-refractivity contribution in [1.29, 1.82) is 0 Å². The number of aliphatic hydroxyl groups is 1. The highest BCUT2D eigenvalue weighted by Gasteiger charge is 2.17. The van der Waals surface area contributed by atoms with Gasteiger partial charge in [0.05, 0.1) is 24.0 Å². The van der Waals surface area contributed by atoms with Gasteiger partial charge in [-0.2, -0.15) is 0 Å². The highest BCUT2D eigenvalue weighted by molar-refractivity contribution is 5.85. The van der Waals surface area contributed by atoms with Gasteiger partial charge < -0.3 is 20.7 Å². The molecule has 0 saturated carbocycles. The van der Waals surface area contributed by atoms with Crippen LogP contribution in [0.15, 0.2) is 12.4 Å². The minimum atomic E-state index is -0.801. The first-order valence-corrected chi connectivity index (χ1v) is 8.63. The third-order valence-electron chi connectivity index (χ3n) is 3.76. The molecule has 2 rings (SSSR count). The number of hydrogen-bond donors (Lipinski definition) is 3. The topological polar surface area (TPSA) is 89.0 Å². The van der Waals surface area contributed by atoms with Crippen LogP contribution in [0.25, 0.3) is 11.0 Å². The SMILES string of the molecule is CC(C)(O)Cn1cnc2c(N)nc(CCCCNC(C)(C)C)cc21. The number of aryl methyl sites for hydroxylation is 1. The Balaban J connectivity index is 2.04. The molecule has 24 heavy (non-hydrogen) atoms. The molecule has 2 aromatic rings. The summed E-state index contributed by atoms with van der Waals surface area (Å²) in [6.07, 6.45) is 4.76. The predicted octanol–water partition coefficient (Wildman–Crippen LogP) is 2.50. The number of unbranched alkanes of at least 4 members (excludes halogenated alkanes) is 1. The molecule has 0 saturated heterocycles. The first-order chi connectivity index (χ1) is 11.1. The molecule has 2 heterocycles. The largest absolute Gasteiger partial charge is 0.389 e. The van der Waals surface area contributed by atoms with Crippen molar-refractivity contribution in [2.24, 2.45) is 0 Å². The molecule has 0 aliphatic rings. The van der Waals surface area contributed by atoms with E-state index in [1.807, 2.05) is 10.6 Å². The Kier molecular flexibility index (Phi) is 5.50. The van der Waals surface area contributed by atoms with Crippen molar-refractivity contribution in [3.05, 3.63) is 18.1 Å². The summed E-state index contributed by atoms with van der Waals surface area (Å²) in [7, 11) is 0. The molecule has 0 radical (unpaired) electrons. The van der Waals surface area contributed by atoms with Crippen LogP contribution >= 0.6 is 0 Å². The summed E-state index contributed by atoms with van der Waals surface area (Å²) < 4.78 is 1.94. The van der Waals surface area contributed by atoms with Gasteiger partial charge in [0.2, 0.25) is 0 Å². The molecule has 0 fully saturated rings. The first-order valence-electron chi connectivity index (χ1n) is 8.63. The molecule has 6 heteroatoms. The number of imidazole rings is 1. The molecule has 0 atom stereocenters. The number of nitrogen functional groups attached to an aromatic ring is 1. The van der Waals surface area contributed by atoms with Crippen molar-refractivity contribution >= 4 is 16.9 Å². The van der Waals surface area contributed by atoms with E-state index in [0.717, 1.165) is 37.0 Å². The van der Waals surface area contributed by atoms with E-state index in [0.29, 0.717) is 17.9 Å². The molecule has 0 aliphatic carbocycles. The van der Waals surface area contributed by atoms with Gasteiger partial charge in [-0.3, -0.25) is 0 Å². The Bertz CT molecular complexity index is 679. The van der Waals surface area contributed by atoms with Gasteiger partial charge in [0, 0.05) is 11.2 Å². The fourth-order valence-corrected chi connectivity index (χ4v) is 2.70. The van der Waals surface area contributed by atoms with Crippen LogP contribution in [0, 0.1) is 0 Å². The second-order valence-corrected chi connectivity index (χ2v) is 8.19. The maximum absolute atomic E-state index is 10.1. The van der Waals surface area contributed by atoms with E-state index in [2.05, 4.69) is 36.1 Å². The van der Waals surface area contributed by atoms with Crippen LogP contribution in [0.3, 0.4) is 0 Å². The van der Waals surface area contributed by atoms with Gasteiger partial charge in [-0.1, -0.05) is 0 Å². The van der Waals surface area contributed by atoms with Crippen molar-refractivity contribution in [2.45, 2.75) is 71.6 Å². The molecule has 0 bridgehead atoms. The number of aromatic nitrogens is 3. The van der Waals surface area contributed by atoms with Crippen LogP contribution in [0.1, 0.15) is 53.2 Å². The van der Waals surface area contributed by atoms with Gasteiger partial charge in [0.25, 0.3) is 0 Å². The summed E-state index contributed by atoms with van der Waals surface area (Å²) in [4.78, 5) is 8.81. The number of nitrogens with two attached hydrogens (primary N) is 1. The van der Waals surface area contributed by atoms with Crippen LogP contribution in [-0.4, -0.2) is 37.3 Å². The van der Waals surface area contributed by atoms with Gasteiger partial charge >= 0.3 is 0 Å². The zero-order chi connectivity index (χ0) is 18.0. The summed E-state index contributed by atoms with van der Waals surface area (Å²) in [5.74, 6) is 0.463. The summed E-state index contributed by atoms with van der Waals surface area (Å²) in [6, 6.07) is 2.04. The predicted molar refractivity (Wildman–Crippen MR) is 98.9 cm³/mol. The third kappa shape index (κ3) is 5.46. The van der Waals surface area contributed by atoms with E-state index in [1.54, 1.807) is 20.2 Å². The Morgan fingerprint density at radius 1 is 1.21 bits per heavy atom. The molecule has 0 amide bonds. The minimum Gasteiger partial charge on any atom is -0.389 e. The van der Waals surface area contributed by atoms with E-state index in [1.165, 1.54) is 0 Å². The van der Waals surface area contributed by atoms with Crippen LogP contribution in [0.4, 0.5) is 5.82 Å². The van der Waals surface area contributed by atoms with Crippen LogP contribution in [0.5, 0.6) is 0 Å². The third-order valence-corrected chi connectivity index (χ3v) is 3.76. The fourth-order valence-electron chi connectivity index (χ4n) is 2.70. The average Bonchev–Trinajstić information content (AvgIpc) is 2.79. The molecule has 0 aromatic carbocycles. The Labute approximate surface area is 144 Å². The molecule has 6 nitrogen and oxygen atoms in total. The minimum absolute atomic E-state index is 0.158. The number of fused-ring (bicyclic) bond motifs is 1. The molecule has 0 aliphatic heterocycles. The lowest BCUT2D eigenvalue weighted by molar-refractivity contribution is 0.0626. The maximum atomic E-state index is 10.1. The number of anilines is 1. The van der Waals surface area contributed by atoms with E-state index >= 15 is 0 Å². The van der Waals surface area contributed by atoms with E-state index in [4.69, 9.17) is 5.73 Å². The van der Waals surface area contributed by atoms with Crippen LogP contribution in [-0.2, 0) is 13.0 Å². The van der Waals surface area contributed by atoms with Gasteiger partial charge in [-0.05, 0) is 66.5 Å². The summed E-state index contributed by atoms with van der Waals surface area (Å²) >= 11 is 0. The van der Waals surface area contributed by atoms with Crippen molar-refractivity contribution in [2.75, 3.05) is 12.3 Å². The lowest BCUT2D eigenvalue weighted by atomic mass is 10.1. The van der Waals surface area contributed by atoms with E-state index < -0.39 is 5.60 Å². The number of nitrogens with one attached hydrogen (secondary N) is 1. The molecule has 4 N–H and O–H groups in total. The van der Waals surface area contributed by atoms with Crippen molar-refractivity contribution < 1.29 is 5.11 Å². The van der Waals surface area contributed by atoms with E-state index in [-0.39, 0.29) is 5.54 Å².